The molecule has 0 heterocycles. The maximum absolute atomic E-state index is 12.9. The summed E-state index contributed by atoms with van der Waals surface area (Å²) in [5.41, 5.74) is -0.940. The Morgan fingerprint density at radius 2 is 1.52 bits per heavy atom. The average Bonchev–Trinajstić information content (AvgIpc) is 3.27. The zero-order chi connectivity index (χ0) is 16.7. The van der Waals surface area contributed by atoms with E-state index in [0.717, 1.165) is 0 Å². The highest BCUT2D eigenvalue weighted by atomic mass is 35.5. The molecule has 0 radical (unpaired) electrons. The van der Waals surface area contributed by atoms with E-state index >= 15 is 0 Å². The molecule has 4 nitrogen and oxygen atoms in total. The summed E-state index contributed by atoms with van der Waals surface area (Å²) in [6.07, 6.45) is 0. The van der Waals surface area contributed by atoms with Gasteiger partial charge in [0.05, 0.1) is 17.0 Å². The maximum Gasteiger partial charge on any atom is 0.184 e. The lowest BCUT2D eigenvalue weighted by Crippen LogP contribution is -2.14. The third-order valence-corrected chi connectivity index (χ3v) is 6.63. The van der Waals surface area contributed by atoms with Gasteiger partial charge in [-0.15, -0.1) is 0 Å². The Hall–Kier alpha value is -2.34. The fourth-order valence-corrected chi connectivity index (χ4v) is 5.28. The van der Waals surface area contributed by atoms with Gasteiger partial charge in [-0.3, -0.25) is 0 Å². The minimum atomic E-state index is -3.78. The Labute approximate surface area is 139 Å². The summed E-state index contributed by atoms with van der Waals surface area (Å²) in [4.78, 5) is 0.122. The first-order valence-electron chi connectivity index (χ1n) is 6.84. The van der Waals surface area contributed by atoms with E-state index < -0.39 is 26.4 Å². The van der Waals surface area contributed by atoms with Crippen molar-refractivity contribution in [2.75, 3.05) is 0 Å². The zero-order valence-corrected chi connectivity index (χ0v) is 13.4. The van der Waals surface area contributed by atoms with Gasteiger partial charge in [0, 0.05) is 10.9 Å². The largest absolute Gasteiger partial charge is 0.223 e. The molecule has 114 valence electrons. The minimum absolute atomic E-state index is 0.122. The van der Waals surface area contributed by atoms with Gasteiger partial charge in [-0.05, 0) is 29.8 Å². The Bertz CT molecular complexity index is 911. The SMILES string of the molecule is N#CC1(C#N)C(c2ccc(Cl)cc2)C1S(=O)(=O)c1ccccc1. The van der Waals surface area contributed by atoms with E-state index in [4.69, 9.17) is 11.6 Å². The van der Waals surface area contributed by atoms with Gasteiger partial charge in [-0.1, -0.05) is 41.9 Å². The number of sulfone groups is 1. The van der Waals surface area contributed by atoms with Gasteiger partial charge < -0.3 is 0 Å². The van der Waals surface area contributed by atoms with Crippen LogP contribution in [0.1, 0.15) is 11.5 Å². The van der Waals surface area contributed by atoms with Crippen LogP contribution in [0.5, 0.6) is 0 Å². The van der Waals surface area contributed by atoms with Gasteiger partial charge in [-0.2, -0.15) is 10.5 Å². The molecule has 0 bridgehead atoms. The molecule has 0 spiro atoms. The van der Waals surface area contributed by atoms with Crippen molar-refractivity contribution < 1.29 is 8.42 Å². The highest BCUT2D eigenvalue weighted by Crippen LogP contribution is 2.63. The van der Waals surface area contributed by atoms with E-state index in [1.807, 2.05) is 12.1 Å². The van der Waals surface area contributed by atoms with Crippen LogP contribution in [0.15, 0.2) is 59.5 Å². The predicted octanol–water partition coefficient (Wildman–Crippen LogP) is 3.31. The lowest BCUT2D eigenvalue weighted by atomic mass is 10.0. The monoisotopic (exact) mass is 342 g/mol. The fourth-order valence-electron chi connectivity index (χ4n) is 2.94. The van der Waals surface area contributed by atoms with Gasteiger partial charge in [-0.25, -0.2) is 8.42 Å². The van der Waals surface area contributed by atoms with Crippen LogP contribution in [-0.4, -0.2) is 13.7 Å². The molecule has 6 heteroatoms. The molecular weight excluding hydrogens is 332 g/mol. The first kappa shape index (κ1) is 15.6. The second-order valence-corrected chi connectivity index (χ2v) is 7.91. The normalized spacial score (nSPS) is 21.9. The molecule has 2 unspecified atom stereocenters. The van der Waals surface area contributed by atoms with Crippen LogP contribution >= 0.6 is 11.6 Å². The standard InChI is InChI=1S/C17H11ClN2O2S/c18-13-8-6-12(7-9-13)15-16(17(15,10-19)11-20)23(21,22)14-4-2-1-3-5-14/h1-9,15-16H. The topological polar surface area (TPSA) is 81.7 Å². The molecule has 0 N–H and O–H groups in total. The second-order valence-electron chi connectivity index (χ2n) is 5.40. The Morgan fingerprint density at radius 3 is 2.04 bits per heavy atom. The molecule has 0 aliphatic heterocycles. The van der Waals surface area contributed by atoms with E-state index in [1.54, 1.807) is 42.5 Å². The summed E-state index contributed by atoms with van der Waals surface area (Å²) in [5.74, 6) is -0.681. The molecule has 2 aromatic rings. The molecule has 0 amide bonds. The van der Waals surface area contributed by atoms with Crippen molar-refractivity contribution >= 4 is 21.4 Å². The van der Waals surface area contributed by atoms with E-state index in [-0.39, 0.29) is 4.90 Å². The molecule has 2 atom stereocenters. The van der Waals surface area contributed by atoms with E-state index in [9.17, 15) is 18.9 Å². The molecule has 1 fully saturated rings. The summed E-state index contributed by atoms with van der Waals surface area (Å²) in [5, 5.41) is 18.4. The quantitative estimate of drug-likeness (QED) is 0.856. The number of nitrogens with zero attached hydrogens (tertiary/aromatic N) is 2. The van der Waals surface area contributed by atoms with Crippen LogP contribution in [0.25, 0.3) is 0 Å². The predicted molar refractivity (Wildman–Crippen MR) is 85.3 cm³/mol. The van der Waals surface area contributed by atoms with Crippen LogP contribution < -0.4 is 0 Å². The molecule has 1 aliphatic rings. The average molecular weight is 343 g/mol. The number of nitriles is 2. The van der Waals surface area contributed by atoms with E-state index in [2.05, 4.69) is 0 Å². The van der Waals surface area contributed by atoms with Crippen LogP contribution in [0.3, 0.4) is 0 Å². The Morgan fingerprint density at radius 1 is 0.957 bits per heavy atom. The maximum atomic E-state index is 12.9. The van der Waals surface area contributed by atoms with Crippen LogP contribution in [0.4, 0.5) is 0 Å². The molecule has 23 heavy (non-hydrogen) atoms. The number of rotatable bonds is 3. The number of hydrogen-bond donors (Lipinski definition) is 0. The van der Waals surface area contributed by atoms with E-state index in [1.165, 1.54) is 12.1 Å². The minimum Gasteiger partial charge on any atom is -0.223 e. The lowest BCUT2D eigenvalue weighted by Gasteiger charge is -2.03. The van der Waals surface area contributed by atoms with Crippen LogP contribution in [0, 0.1) is 28.1 Å². The Kier molecular flexibility index (Phi) is 3.64. The third-order valence-electron chi connectivity index (χ3n) is 4.14. The highest BCUT2D eigenvalue weighted by Gasteiger charge is 2.73. The van der Waals surface area contributed by atoms with Crippen molar-refractivity contribution in [3.63, 3.8) is 0 Å². The van der Waals surface area contributed by atoms with E-state index in [0.29, 0.717) is 10.6 Å². The molecule has 0 saturated heterocycles. The molecule has 1 saturated carbocycles. The molecule has 0 aromatic heterocycles. The van der Waals surface area contributed by atoms with Crippen LogP contribution in [0.2, 0.25) is 5.02 Å². The first-order chi connectivity index (χ1) is 11.0. The summed E-state index contributed by atoms with van der Waals surface area (Å²) in [6.45, 7) is 0. The first-order valence-corrected chi connectivity index (χ1v) is 8.77. The van der Waals surface area contributed by atoms with Crippen LogP contribution in [-0.2, 0) is 9.84 Å². The van der Waals surface area contributed by atoms with Gasteiger partial charge in [0.25, 0.3) is 0 Å². The smallest absolute Gasteiger partial charge is 0.184 e. The number of hydrogen-bond acceptors (Lipinski definition) is 4. The lowest BCUT2D eigenvalue weighted by molar-refractivity contribution is 0.591. The van der Waals surface area contributed by atoms with Gasteiger partial charge in [0.2, 0.25) is 0 Å². The zero-order valence-electron chi connectivity index (χ0n) is 11.8. The van der Waals surface area contributed by atoms with Crippen molar-refractivity contribution in [1.29, 1.82) is 10.5 Å². The molecule has 2 aromatic carbocycles. The summed E-state index contributed by atoms with van der Waals surface area (Å²) >= 11 is 5.85. The van der Waals surface area contributed by atoms with Gasteiger partial charge in [0.1, 0.15) is 5.25 Å². The Balaban J connectivity index is 2.10. The van der Waals surface area contributed by atoms with Crippen molar-refractivity contribution in [3.05, 3.63) is 65.2 Å². The van der Waals surface area contributed by atoms with Crippen molar-refractivity contribution in [2.24, 2.45) is 5.41 Å². The number of benzene rings is 2. The summed E-state index contributed by atoms with van der Waals surface area (Å²) < 4.78 is 25.7. The van der Waals surface area contributed by atoms with Crippen molar-refractivity contribution in [2.45, 2.75) is 16.1 Å². The second kappa shape index (κ2) is 5.38. The third kappa shape index (κ3) is 2.30. The van der Waals surface area contributed by atoms with Crippen molar-refractivity contribution in [1.82, 2.24) is 0 Å². The van der Waals surface area contributed by atoms with Gasteiger partial charge >= 0.3 is 0 Å². The highest BCUT2D eigenvalue weighted by molar-refractivity contribution is 7.92. The summed E-state index contributed by atoms with van der Waals surface area (Å²) in [7, 11) is -3.78. The fraction of sp³-hybridized carbons (Fsp3) is 0.176. The molecular formula is C17H11ClN2O2S. The molecule has 1 aliphatic carbocycles. The van der Waals surface area contributed by atoms with Crippen molar-refractivity contribution in [3.8, 4) is 12.1 Å². The number of halogens is 1. The molecule has 3 rings (SSSR count). The summed E-state index contributed by atoms with van der Waals surface area (Å²) in [6, 6.07) is 18.3. The van der Waals surface area contributed by atoms with Gasteiger partial charge in [0.15, 0.2) is 15.3 Å².